The summed E-state index contributed by atoms with van der Waals surface area (Å²) in [7, 11) is 0. The van der Waals surface area contributed by atoms with E-state index in [2.05, 4.69) is 15.0 Å². The van der Waals surface area contributed by atoms with Gasteiger partial charge in [0.2, 0.25) is 0 Å². The summed E-state index contributed by atoms with van der Waals surface area (Å²) < 4.78 is 25.7. The van der Waals surface area contributed by atoms with Crippen LogP contribution in [0.4, 0.5) is 4.39 Å². The molecule has 0 aliphatic carbocycles. The molecular weight excluding hydrogens is 265 g/mol. The van der Waals surface area contributed by atoms with Gasteiger partial charge in [0.05, 0.1) is 11.2 Å². The zero-order chi connectivity index (χ0) is 13.2. The number of hydrogen-bond acceptors (Lipinski definition) is 3. The summed E-state index contributed by atoms with van der Waals surface area (Å²) in [6.45, 7) is 0. The van der Waals surface area contributed by atoms with Crippen molar-refractivity contribution in [1.82, 2.24) is 15.0 Å². The quantitative estimate of drug-likeness (QED) is 0.746. The average Bonchev–Trinajstić information content (AvgIpc) is 2.85. The van der Waals surface area contributed by atoms with E-state index in [9.17, 15) is 8.94 Å². The molecule has 1 N–H and O–H groups in total. The largest absolute Gasteiger partial charge is 0.609 e. The molecule has 19 heavy (non-hydrogen) atoms. The molecule has 4 nitrogen and oxygen atoms in total. The summed E-state index contributed by atoms with van der Waals surface area (Å²) in [5, 5.41) is 0.269. The second-order valence-corrected chi connectivity index (χ2v) is 5.35. The number of fused-ring (bicyclic) bond motifs is 1. The number of hydrogen-bond donors (Lipinski definition) is 1. The van der Waals surface area contributed by atoms with E-state index in [1.54, 1.807) is 30.5 Å². The summed E-state index contributed by atoms with van der Waals surface area (Å²) >= 11 is -1.37. The van der Waals surface area contributed by atoms with Crippen LogP contribution in [-0.2, 0) is 16.9 Å². The van der Waals surface area contributed by atoms with Crippen LogP contribution in [0.2, 0.25) is 0 Å². The lowest BCUT2D eigenvalue weighted by atomic mass is 10.3. The first kappa shape index (κ1) is 12.1. The third-order valence-electron chi connectivity index (χ3n) is 2.67. The molecule has 6 heteroatoms. The maximum Gasteiger partial charge on any atom is 0.322 e. The molecular formula is C13H10FN3OS. The molecule has 2 heterocycles. The van der Waals surface area contributed by atoms with Gasteiger partial charge in [0.15, 0.2) is 5.75 Å². The van der Waals surface area contributed by atoms with Crippen molar-refractivity contribution in [3.8, 4) is 0 Å². The van der Waals surface area contributed by atoms with Crippen LogP contribution in [0.3, 0.4) is 0 Å². The summed E-state index contributed by atoms with van der Waals surface area (Å²) in [4.78, 5) is 11.0. The molecule has 0 saturated heterocycles. The Morgan fingerprint density at radius 3 is 2.84 bits per heavy atom. The van der Waals surface area contributed by atoms with Gasteiger partial charge in [0.1, 0.15) is 11.3 Å². The summed E-state index contributed by atoms with van der Waals surface area (Å²) in [5.41, 5.74) is 1.47. The highest BCUT2D eigenvalue weighted by Gasteiger charge is 2.18. The van der Waals surface area contributed by atoms with E-state index in [4.69, 9.17) is 0 Å². The van der Waals surface area contributed by atoms with Crippen molar-refractivity contribution >= 4 is 22.2 Å². The molecule has 2 aromatic heterocycles. The van der Waals surface area contributed by atoms with Crippen LogP contribution in [0.1, 0.15) is 5.69 Å². The van der Waals surface area contributed by atoms with Crippen LogP contribution < -0.4 is 0 Å². The molecule has 0 radical (unpaired) electrons. The van der Waals surface area contributed by atoms with Gasteiger partial charge in [-0.3, -0.25) is 9.97 Å². The van der Waals surface area contributed by atoms with Crippen LogP contribution >= 0.6 is 0 Å². The van der Waals surface area contributed by atoms with E-state index >= 15 is 0 Å². The van der Waals surface area contributed by atoms with Gasteiger partial charge in [-0.25, -0.2) is 4.39 Å². The summed E-state index contributed by atoms with van der Waals surface area (Å²) in [6, 6.07) is 10.0. The highest BCUT2D eigenvalue weighted by molar-refractivity contribution is 7.90. The molecule has 0 fully saturated rings. The van der Waals surface area contributed by atoms with E-state index in [0.717, 1.165) is 0 Å². The van der Waals surface area contributed by atoms with Crippen LogP contribution in [0.15, 0.2) is 47.8 Å². The Morgan fingerprint density at radius 1 is 1.21 bits per heavy atom. The fourth-order valence-corrected chi connectivity index (χ4v) is 2.76. The smallest absolute Gasteiger partial charge is 0.322 e. The van der Waals surface area contributed by atoms with Crippen molar-refractivity contribution in [3.63, 3.8) is 0 Å². The van der Waals surface area contributed by atoms with Crippen molar-refractivity contribution in [2.24, 2.45) is 0 Å². The number of nitrogens with zero attached hydrogens (tertiary/aromatic N) is 2. The van der Waals surface area contributed by atoms with Crippen LogP contribution in [0.5, 0.6) is 0 Å². The molecule has 0 saturated carbocycles. The predicted octanol–water partition coefficient (Wildman–Crippen LogP) is 2.40. The molecule has 0 bridgehead atoms. The van der Waals surface area contributed by atoms with E-state index < -0.39 is 17.0 Å². The summed E-state index contributed by atoms with van der Waals surface area (Å²) in [5.74, 6) is -0.145. The molecule has 1 aromatic carbocycles. The van der Waals surface area contributed by atoms with E-state index in [1.807, 2.05) is 6.07 Å². The SMILES string of the molecule is [O-][S+](Cc1ccccn1)c1nc2cccc(F)c2[nH]1. The van der Waals surface area contributed by atoms with Gasteiger partial charge >= 0.3 is 5.16 Å². The van der Waals surface area contributed by atoms with Gasteiger partial charge in [0.25, 0.3) is 0 Å². The molecule has 3 rings (SSSR count). The van der Waals surface area contributed by atoms with Crippen molar-refractivity contribution in [1.29, 1.82) is 0 Å². The van der Waals surface area contributed by atoms with E-state index in [1.165, 1.54) is 6.07 Å². The van der Waals surface area contributed by atoms with Gasteiger partial charge in [-0.05, 0) is 24.3 Å². The van der Waals surface area contributed by atoms with Crippen molar-refractivity contribution in [3.05, 3.63) is 54.1 Å². The number of para-hydroxylation sites is 1. The number of halogens is 1. The molecule has 3 aromatic rings. The Labute approximate surface area is 111 Å². The van der Waals surface area contributed by atoms with Crippen molar-refractivity contribution in [2.45, 2.75) is 10.9 Å². The highest BCUT2D eigenvalue weighted by atomic mass is 32.2. The van der Waals surface area contributed by atoms with E-state index in [0.29, 0.717) is 11.2 Å². The van der Waals surface area contributed by atoms with E-state index in [-0.39, 0.29) is 16.4 Å². The lowest BCUT2D eigenvalue weighted by molar-refractivity contribution is 0.586. The standard InChI is InChI=1S/C13H10FN3OS/c14-10-5-3-6-11-12(10)17-13(16-11)19(18)8-9-4-1-2-7-15-9/h1-7H,8H2,(H,16,17). The Hall–Kier alpha value is -1.92. The van der Waals surface area contributed by atoms with Gasteiger partial charge in [-0.15, -0.1) is 0 Å². The number of benzene rings is 1. The number of nitrogens with one attached hydrogen (secondary N) is 1. The minimum atomic E-state index is -1.37. The molecule has 0 spiro atoms. The third-order valence-corrected chi connectivity index (χ3v) is 3.85. The number of imidazole rings is 1. The Balaban J connectivity index is 1.89. The molecule has 0 amide bonds. The fourth-order valence-electron chi connectivity index (χ4n) is 1.77. The monoisotopic (exact) mass is 275 g/mol. The number of pyridine rings is 1. The summed E-state index contributed by atoms with van der Waals surface area (Å²) in [6.07, 6.45) is 1.64. The number of rotatable bonds is 3. The maximum atomic E-state index is 13.5. The highest BCUT2D eigenvalue weighted by Crippen LogP contribution is 2.19. The Kier molecular flexibility index (Phi) is 3.18. The number of aromatic nitrogens is 3. The fraction of sp³-hybridized carbons (Fsp3) is 0.0769. The predicted molar refractivity (Wildman–Crippen MR) is 70.4 cm³/mol. The maximum absolute atomic E-state index is 13.5. The first-order chi connectivity index (χ1) is 9.24. The van der Waals surface area contributed by atoms with Gasteiger partial charge in [-0.2, -0.15) is 4.98 Å². The molecule has 0 aliphatic rings. The Morgan fingerprint density at radius 2 is 2.11 bits per heavy atom. The van der Waals surface area contributed by atoms with Crippen molar-refractivity contribution < 1.29 is 8.94 Å². The molecule has 1 unspecified atom stereocenters. The zero-order valence-electron chi connectivity index (χ0n) is 9.84. The zero-order valence-corrected chi connectivity index (χ0v) is 10.7. The minimum absolute atomic E-state index is 0.252. The lowest BCUT2D eigenvalue weighted by Crippen LogP contribution is -2.08. The average molecular weight is 275 g/mol. The normalized spacial score (nSPS) is 12.7. The molecule has 1 atom stereocenters. The van der Waals surface area contributed by atoms with Gasteiger partial charge in [0, 0.05) is 17.4 Å². The number of H-pyrrole nitrogens is 1. The van der Waals surface area contributed by atoms with Crippen LogP contribution in [-0.4, -0.2) is 19.5 Å². The Bertz CT molecular complexity index is 701. The first-order valence-electron chi connectivity index (χ1n) is 5.66. The topological polar surface area (TPSA) is 64.6 Å². The second-order valence-electron chi connectivity index (χ2n) is 3.99. The van der Waals surface area contributed by atoms with Crippen molar-refractivity contribution in [2.75, 3.05) is 0 Å². The van der Waals surface area contributed by atoms with Crippen LogP contribution in [0, 0.1) is 5.82 Å². The van der Waals surface area contributed by atoms with Crippen LogP contribution in [0.25, 0.3) is 11.0 Å². The van der Waals surface area contributed by atoms with Gasteiger partial charge in [-0.1, -0.05) is 12.1 Å². The second kappa shape index (κ2) is 4.99. The third kappa shape index (κ3) is 2.45. The lowest BCUT2D eigenvalue weighted by Gasteiger charge is -2.05. The molecule has 96 valence electrons. The first-order valence-corrected chi connectivity index (χ1v) is 6.98. The number of aromatic amines is 1. The minimum Gasteiger partial charge on any atom is -0.609 e. The van der Waals surface area contributed by atoms with Gasteiger partial charge < -0.3 is 4.55 Å². The molecule has 0 aliphatic heterocycles.